The molecule has 2 aromatic heterocycles. The first-order valence-electron chi connectivity index (χ1n) is 7.06. The second-order valence-corrected chi connectivity index (χ2v) is 5.37. The van der Waals surface area contributed by atoms with Gasteiger partial charge in [0, 0.05) is 17.5 Å². The molecule has 0 unspecified atom stereocenters. The molecule has 21 heavy (non-hydrogen) atoms. The average molecular weight is 281 g/mol. The number of rotatable bonds is 2. The molecule has 5 heteroatoms. The van der Waals surface area contributed by atoms with E-state index in [1.807, 2.05) is 23.1 Å². The van der Waals surface area contributed by atoms with Gasteiger partial charge in [0.05, 0.1) is 24.0 Å². The van der Waals surface area contributed by atoms with Crippen molar-refractivity contribution in [3.63, 3.8) is 0 Å². The number of hydrogen-bond acceptors (Lipinski definition) is 3. The number of carbonyl (C=O) groups excluding carboxylic acids is 1. The van der Waals surface area contributed by atoms with Crippen molar-refractivity contribution >= 4 is 16.9 Å². The molecule has 4 rings (SSSR count). The van der Waals surface area contributed by atoms with Crippen LogP contribution >= 0.6 is 0 Å². The summed E-state index contributed by atoms with van der Waals surface area (Å²) >= 11 is 0. The summed E-state index contributed by atoms with van der Waals surface area (Å²) in [5.74, 6) is 0.00611. The molecule has 3 aromatic rings. The lowest BCUT2D eigenvalue weighted by Crippen LogP contribution is -2.25. The van der Waals surface area contributed by atoms with Gasteiger partial charge in [0.2, 0.25) is 0 Å². The smallest absolute Gasteiger partial charge is 0.258 e. The maximum atomic E-state index is 12.7. The molecule has 0 saturated carbocycles. The van der Waals surface area contributed by atoms with Gasteiger partial charge in [-0.05, 0) is 24.1 Å². The highest BCUT2D eigenvalue weighted by molar-refractivity contribution is 6.06. The van der Waals surface area contributed by atoms with Gasteiger partial charge in [0.15, 0.2) is 0 Å². The minimum atomic E-state index is 0.00611. The fourth-order valence-corrected chi connectivity index (χ4v) is 2.84. The molecule has 0 fully saturated rings. The zero-order valence-electron chi connectivity index (χ0n) is 11.7. The Morgan fingerprint density at radius 2 is 2.33 bits per heavy atom. The van der Waals surface area contributed by atoms with E-state index in [2.05, 4.69) is 17.1 Å². The number of nitrogens with zero attached hydrogens (tertiary/aromatic N) is 2. The lowest BCUT2D eigenvalue weighted by Gasteiger charge is -2.14. The quantitative estimate of drug-likeness (QED) is 0.785. The summed E-state index contributed by atoms with van der Waals surface area (Å²) in [7, 11) is 0. The van der Waals surface area contributed by atoms with Gasteiger partial charge in [-0.15, -0.1) is 0 Å². The Bertz CT molecular complexity index is 811. The first-order chi connectivity index (χ1) is 10.3. The maximum absolute atomic E-state index is 12.7. The SMILES string of the molecule is CCc1ccc2occ(C(=O)N3Cc4cn[nH]c4C3)c2c1. The van der Waals surface area contributed by atoms with E-state index >= 15 is 0 Å². The van der Waals surface area contributed by atoms with Crippen LogP contribution < -0.4 is 0 Å². The molecule has 1 amide bonds. The lowest BCUT2D eigenvalue weighted by molar-refractivity contribution is 0.0750. The van der Waals surface area contributed by atoms with E-state index in [1.165, 1.54) is 5.56 Å². The van der Waals surface area contributed by atoms with Gasteiger partial charge in [-0.2, -0.15) is 5.10 Å². The Labute approximate surface area is 121 Å². The van der Waals surface area contributed by atoms with Crippen molar-refractivity contribution < 1.29 is 9.21 Å². The van der Waals surface area contributed by atoms with Gasteiger partial charge in [-0.25, -0.2) is 0 Å². The molecule has 0 spiro atoms. The molecule has 1 aliphatic heterocycles. The molecule has 5 nitrogen and oxygen atoms in total. The summed E-state index contributed by atoms with van der Waals surface area (Å²) in [5, 5.41) is 7.82. The minimum absolute atomic E-state index is 0.00611. The van der Waals surface area contributed by atoms with E-state index in [0.717, 1.165) is 28.6 Å². The Balaban J connectivity index is 1.70. The number of carbonyl (C=O) groups is 1. The Kier molecular flexibility index (Phi) is 2.60. The van der Waals surface area contributed by atoms with Gasteiger partial charge in [0.25, 0.3) is 5.91 Å². The van der Waals surface area contributed by atoms with E-state index in [-0.39, 0.29) is 5.91 Å². The standard InChI is InChI=1S/C16H15N3O2/c1-2-10-3-4-15-12(5-10)13(9-21-15)16(20)19-7-11-6-17-18-14(11)8-19/h3-6,9H,2,7-8H2,1H3,(H,17,18). The van der Waals surface area contributed by atoms with Crippen LogP contribution in [0.2, 0.25) is 0 Å². The van der Waals surface area contributed by atoms with E-state index < -0.39 is 0 Å². The number of benzene rings is 1. The maximum Gasteiger partial charge on any atom is 0.258 e. The zero-order valence-corrected chi connectivity index (χ0v) is 11.7. The monoisotopic (exact) mass is 281 g/mol. The summed E-state index contributed by atoms with van der Waals surface area (Å²) in [6.45, 7) is 3.28. The van der Waals surface area contributed by atoms with Crippen molar-refractivity contribution in [1.82, 2.24) is 15.1 Å². The van der Waals surface area contributed by atoms with Crippen LogP contribution in [0.3, 0.4) is 0 Å². The third-order valence-electron chi connectivity index (χ3n) is 4.08. The zero-order chi connectivity index (χ0) is 14.4. The normalized spacial score (nSPS) is 13.9. The third kappa shape index (κ3) is 1.85. The second kappa shape index (κ2) is 4.48. The van der Waals surface area contributed by atoms with Gasteiger partial charge in [-0.3, -0.25) is 9.89 Å². The largest absolute Gasteiger partial charge is 0.463 e. The number of H-pyrrole nitrogens is 1. The first kappa shape index (κ1) is 12.2. The van der Waals surface area contributed by atoms with Crippen LogP contribution in [0.25, 0.3) is 11.0 Å². The molecule has 1 aliphatic rings. The summed E-state index contributed by atoms with van der Waals surface area (Å²) in [5.41, 5.74) is 4.71. The van der Waals surface area contributed by atoms with Gasteiger partial charge in [-0.1, -0.05) is 13.0 Å². The number of hydrogen-bond donors (Lipinski definition) is 1. The van der Waals surface area contributed by atoms with Crippen molar-refractivity contribution in [2.75, 3.05) is 0 Å². The van der Waals surface area contributed by atoms with Gasteiger partial charge in [0.1, 0.15) is 11.8 Å². The van der Waals surface area contributed by atoms with Gasteiger partial charge >= 0.3 is 0 Å². The number of aryl methyl sites for hydroxylation is 1. The first-order valence-corrected chi connectivity index (χ1v) is 7.06. The predicted molar refractivity (Wildman–Crippen MR) is 77.8 cm³/mol. The van der Waals surface area contributed by atoms with Crippen molar-refractivity contribution in [3.8, 4) is 0 Å². The molecule has 0 atom stereocenters. The summed E-state index contributed by atoms with van der Waals surface area (Å²) in [6, 6.07) is 6.01. The lowest BCUT2D eigenvalue weighted by atomic mass is 10.1. The Morgan fingerprint density at radius 3 is 3.14 bits per heavy atom. The molecular weight excluding hydrogens is 266 g/mol. The summed E-state index contributed by atoms with van der Waals surface area (Å²) < 4.78 is 5.52. The molecule has 0 radical (unpaired) electrons. The van der Waals surface area contributed by atoms with Crippen LogP contribution in [0, 0.1) is 0 Å². The van der Waals surface area contributed by atoms with E-state index in [0.29, 0.717) is 18.7 Å². The van der Waals surface area contributed by atoms with E-state index in [4.69, 9.17) is 4.42 Å². The number of fused-ring (bicyclic) bond motifs is 2. The van der Waals surface area contributed by atoms with Gasteiger partial charge < -0.3 is 9.32 Å². The third-order valence-corrected chi connectivity index (χ3v) is 4.08. The molecule has 0 bridgehead atoms. The van der Waals surface area contributed by atoms with Crippen LogP contribution in [-0.4, -0.2) is 21.0 Å². The Morgan fingerprint density at radius 1 is 1.43 bits per heavy atom. The van der Waals surface area contributed by atoms with Crippen molar-refractivity contribution in [1.29, 1.82) is 0 Å². The molecule has 0 saturated heterocycles. The van der Waals surface area contributed by atoms with Crippen LogP contribution in [0.15, 0.2) is 35.1 Å². The van der Waals surface area contributed by atoms with E-state index in [1.54, 1.807) is 12.5 Å². The number of aromatic amines is 1. The average Bonchev–Trinajstić information content (AvgIpc) is 3.19. The highest BCUT2D eigenvalue weighted by Gasteiger charge is 2.27. The van der Waals surface area contributed by atoms with E-state index in [9.17, 15) is 4.79 Å². The number of nitrogens with one attached hydrogen (secondary N) is 1. The molecular formula is C16H15N3O2. The molecule has 1 aromatic carbocycles. The van der Waals surface area contributed by atoms with Crippen molar-refractivity contribution in [2.24, 2.45) is 0 Å². The summed E-state index contributed by atoms with van der Waals surface area (Å²) in [6.07, 6.45) is 4.29. The highest BCUT2D eigenvalue weighted by Crippen LogP contribution is 2.27. The fourth-order valence-electron chi connectivity index (χ4n) is 2.84. The summed E-state index contributed by atoms with van der Waals surface area (Å²) in [4.78, 5) is 14.5. The van der Waals surface area contributed by atoms with Crippen LogP contribution in [0.1, 0.15) is 34.1 Å². The molecule has 1 N–H and O–H groups in total. The second-order valence-electron chi connectivity index (χ2n) is 5.37. The number of aromatic nitrogens is 2. The topological polar surface area (TPSA) is 62.1 Å². The Hall–Kier alpha value is -2.56. The van der Waals surface area contributed by atoms with Crippen molar-refractivity contribution in [2.45, 2.75) is 26.4 Å². The predicted octanol–water partition coefficient (Wildman–Crippen LogP) is 2.87. The molecule has 0 aliphatic carbocycles. The van der Waals surface area contributed by atoms with Crippen LogP contribution in [-0.2, 0) is 19.5 Å². The van der Waals surface area contributed by atoms with Crippen molar-refractivity contribution in [3.05, 3.63) is 53.0 Å². The molecule has 3 heterocycles. The highest BCUT2D eigenvalue weighted by atomic mass is 16.3. The minimum Gasteiger partial charge on any atom is -0.463 e. The fraction of sp³-hybridized carbons (Fsp3) is 0.250. The van der Waals surface area contributed by atoms with Crippen LogP contribution in [0.4, 0.5) is 0 Å². The molecule has 106 valence electrons. The number of furan rings is 1. The van der Waals surface area contributed by atoms with Crippen LogP contribution in [0.5, 0.6) is 0 Å². The number of amides is 1.